The van der Waals surface area contributed by atoms with E-state index in [0.29, 0.717) is 6.04 Å². The van der Waals surface area contributed by atoms with Gasteiger partial charge in [0.1, 0.15) is 0 Å². The Kier molecular flexibility index (Phi) is 3.34. The fourth-order valence-electron chi connectivity index (χ4n) is 1.08. The third-order valence-corrected chi connectivity index (χ3v) is 2.62. The van der Waals surface area contributed by atoms with Gasteiger partial charge in [-0.15, -0.1) is 0 Å². The molecule has 1 aromatic carbocycles. The van der Waals surface area contributed by atoms with Crippen molar-refractivity contribution >= 4 is 28.3 Å². The van der Waals surface area contributed by atoms with E-state index >= 15 is 0 Å². The van der Waals surface area contributed by atoms with Crippen molar-refractivity contribution < 1.29 is 0 Å². The Labute approximate surface area is 86.7 Å². The second-order valence-electron chi connectivity index (χ2n) is 2.78. The largest absolute Gasteiger partial charge is 0.398 e. The molecule has 3 N–H and O–H groups in total. The number of halogens is 1. The van der Waals surface area contributed by atoms with Crippen LogP contribution in [0, 0.1) is 3.57 Å². The van der Waals surface area contributed by atoms with Crippen LogP contribution in [0.4, 0.5) is 5.69 Å². The standard InChI is InChI=1S/C9H13IN2/c1-6(12-2)8-5-7(10)3-4-9(8)11/h3-6,12H,11H2,1-2H3. The molecule has 0 aliphatic carbocycles. The molecule has 0 radical (unpaired) electrons. The van der Waals surface area contributed by atoms with Crippen LogP contribution in [0.5, 0.6) is 0 Å². The van der Waals surface area contributed by atoms with E-state index in [2.05, 4.69) is 40.9 Å². The SMILES string of the molecule is CNC(C)c1cc(I)ccc1N. The number of nitrogens with two attached hydrogens (primary N) is 1. The number of anilines is 1. The van der Waals surface area contributed by atoms with Crippen molar-refractivity contribution in [2.24, 2.45) is 0 Å². The van der Waals surface area contributed by atoms with Crippen molar-refractivity contribution in [3.8, 4) is 0 Å². The third-order valence-electron chi connectivity index (χ3n) is 1.95. The predicted octanol–water partition coefficient (Wildman–Crippen LogP) is 2.15. The zero-order valence-electron chi connectivity index (χ0n) is 7.26. The molecule has 1 aromatic rings. The lowest BCUT2D eigenvalue weighted by Crippen LogP contribution is -2.14. The average Bonchev–Trinajstić information content (AvgIpc) is 2.08. The second-order valence-corrected chi connectivity index (χ2v) is 4.03. The molecule has 1 rings (SSSR count). The molecule has 0 aromatic heterocycles. The molecule has 0 amide bonds. The van der Waals surface area contributed by atoms with Gasteiger partial charge >= 0.3 is 0 Å². The molecular formula is C9H13IN2. The summed E-state index contributed by atoms with van der Waals surface area (Å²) in [7, 11) is 1.93. The van der Waals surface area contributed by atoms with Crippen LogP contribution in [0.25, 0.3) is 0 Å². The summed E-state index contributed by atoms with van der Waals surface area (Å²) in [4.78, 5) is 0. The highest BCUT2D eigenvalue weighted by Gasteiger charge is 2.06. The maximum Gasteiger partial charge on any atom is 0.0363 e. The molecule has 0 aliphatic rings. The number of hydrogen-bond acceptors (Lipinski definition) is 2. The molecule has 1 unspecified atom stereocenters. The van der Waals surface area contributed by atoms with Gasteiger partial charge in [0.25, 0.3) is 0 Å². The molecule has 3 heteroatoms. The molecule has 0 heterocycles. The maximum atomic E-state index is 5.82. The molecule has 0 saturated heterocycles. The maximum absolute atomic E-state index is 5.82. The first-order valence-electron chi connectivity index (χ1n) is 3.87. The van der Waals surface area contributed by atoms with E-state index in [1.807, 2.05) is 19.2 Å². The molecule has 0 aliphatic heterocycles. The van der Waals surface area contributed by atoms with Gasteiger partial charge < -0.3 is 11.1 Å². The van der Waals surface area contributed by atoms with E-state index in [1.165, 1.54) is 9.13 Å². The molecule has 0 saturated carbocycles. The summed E-state index contributed by atoms with van der Waals surface area (Å²) >= 11 is 2.29. The van der Waals surface area contributed by atoms with Gasteiger partial charge in [0.2, 0.25) is 0 Å². The van der Waals surface area contributed by atoms with Crippen LogP contribution in [0.3, 0.4) is 0 Å². The van der Waals surface area contributed by atoms with Gasteiger partial charge in [-0.1, -0.05) is 0 Å². The molecule has 0 bridgehead atoms. The minimum absolute atomic E-state index is 0.319. The lowest BCUT2D eigenvalue weighted by Gasteiger charge is -2.13. The number of rotatable bonds is 2. The van der Waals surface area contributed by atoms with Crippen LogP contribution in [0.2, 0.25) is 0 Å². The summed E-state index contributed by atoms with van der Waals surface area (Å²) in [5, 5.41) is 3.17. The molecule has 0 fully saturated rings. The second kappa shape index (κ2) is 4.09. The van der Waals surface area contributed by atoms with Crippen LogP contribution in [0.1, 0.15) is 18.5 Å². The number of benzene rings is 1. The Morgan fingerprint density at radius 2 is 2.17 bits per heavy atom. The van der Waals surface area contributed by atoms with Crippen molar-refractivity contribution in [3.05, 3.63) is 27.3 Å². The van der Waals surface area contributed by atoms with Gasteiger partial charge in [0, 0.05) is 15.3 Å². The normalized spacial score (nSPS) is 12.9. The first-order valence-corrected chi connectivity index (χ1v) is 4.95. The monoisotopic (exact) mass is 276 g/mol. The fraction of sp³-hybridized carbons (Fsp3) is 0.333. The topological polar surface area (TPSA) is 38.0 Å². The van der Waals surface area contributed by atoms with E-state index in [0.717, 1.165) is 5.69 Å². The first-order chi connectivity index (χ1) is 5.65. The van der Waals surface area contributed by atoms with E-state index in [-0.39, 0.29) is 0 Å². The molecule has 12 heavy (non-hydrogen) atoms. The summed E-state index contributed by atoms with van der Waals surface area (Å²) < 4.78 is 1.22. The van der Waals surface area contributed by atoms with E-state index < -0.39 is 0 Å². The highest BCUT2D eigenvalue weighted by molar-refractivity contribution is 14.1. The van der Waals surface area contributed by atoms with Gasteiger partial charge in [-0.25, -0.2) is 0 Å². The molecule has 2 nitrogen and oxygen atoms in total. The van der Waals surface area contributed by atoms with Crippen LogP contribution in [-0.4, -0.2) is 7.05 Å². The minimum atomic E-state index is 0.319. The van der Waals surface area contributed by atoms with E-state index in [1.54, 1.807) is 0 Å². The minimum Gasteiger partial charge on any atom is -0.398 e. The Balaban J connectivity index is 3.04. The Morgan fingerprint density at radius 1 is 1.50 bits per heavy atom. The smallest absolute Gasteiger partial charge is 0.0363 e. The van der Waals surface area contributed by atoms with Crippen molar-refractivity contribution in [1.82, 2.24) is 5.32 Å². The summed E-state index contributed by atoms with van der Waals surface area (Å²) in [6.07, 6.45) is 0. The van der Waals surface area contributed by atoms with Gasteiger partial charge in [0.15, 0.2) is 0 Å². The van der Waals surface area contributed by atoms with Crippen molar-refractivity contribution in [2.45, 2.75) is 13.0 Å². The lowest BCUT2D eigenvalue weighted by molar-refractivity contribution is 0.654. The number of nitrogen functional groups attached to an aromatic ring is 1. The van der Waals surface area contributed by atoms with E-state index in [9.17, 15) is 0 Å². The first kappa shape index (κ1) is 9.80. The van der Waals surface area contributed by atoms with E-state index in [4.69, 9.17) is 5.73 Å². The highest BCUT2D eigenvalue weighted by Crippen LogP contribution is 2.21. The zero-order chi connectivity index (χ0) is 9.14. The van der Waals surface area contributed by atoms with Crippen molar-refractivity contribution in [2.75, 3.05) is 12.8 Å². The van der Waals surface area contributed by atoms with Crippen molar-refractivity contribution in [3.63, 3.8) is 0 Å². The Bertz CT molecular complexity index is 273. The average molecular weight is 276 g/mol. The molecule has 1 atom stereocenters. The van der Waals surface area contributed by atoms with Crippen LogP contribution >= 0.6 is 22.6 Å². The van der Waals surface area contributed by atoms with Gasteiger partial charge in [-0.2, -0.15) is 0 Å². The lowest BCUT2D eigenvalue weighted by atomic mass is 10.1. The Morgan fingerprint density at radius 3 is 2.75 bits per heavy atom. The van der Waals surface area contributed by atoms with Crippen LogP contribution < -0.4 is 11.1 Å². The number of hydrogen-bond donors (Lipinski definition) is 2. The summed E-state index contributed by atoms with van der Waals surface area (Å²) in [5.74, 6) is 0. The third kappa shape index (κ3) is 2.10. The summed E-state index contributed by atoms with van der Waals surface area (Å²) in [5.41, 5.74) is 7.85. The zero-order valence-corrected chi connectivity index (χ0v) is 9.42. The Hall–Kier alpha value is -0.290. The highest BCUT2D eigenvalue weighted by atomic mass is 127. The summed E-state index contributed by atoms with van der Waals surface area (Å²) in [6, 6.07) is 6.39. The quantitative estimate of drug-likeness (QED) is 0.641. The van der Waals surface area contributed by atoms with Gasteiger partial charge in [0.05, 0.1) is 0 Å². The van der Waals surface area contributed by atoms with Gasteiger partial charge in [-0.3, -0.25) is 0 Å². The fourth-order valence-corrected chi connectivity index (χ4v) is 1.59. The van der Waals surface area contributed by atoms with Crippen LogP contribution in [-0.2, 0) is 0 Å². The van der Waals surface area contributed by atoms with Crippen molar-refractivity contribution in [1.29, 1.82) is 0 Å². The summed E-state index contributed by atoms with van der Waals surface area (Å²) in [6.45, 7) is 2.10. The molecule has 66 valence electrons. The molecular weight excluding hydrogens is 263 g/mol. The van der Waals surface area contributed by atoms with Gasteiger partial charge in [-0.05, 0) is 60.3 Å². The van der Waals surface area contributed by atoms with Crippen LogP contribution in [0.15, 0.2) is 18.2 Å². The molecule has 0 spiro atoms. The predicted molar refractivity (Wildman–Crippen MR) is 61.0 cm³/mol. The number of nitrogens with one attached hydrogen (secondary N) is 1.